The van der Waals surface area contributed by atoms with Crippen LogP contribution in [0, 0.1) is 0 Å². The Balaban J connectivity index is 5.20. The van der Waals surface area contributed by atoms with Crippen LogP contribution in [0.15, 0.2) is 12.2 Å². The summed E-state index contributed by atoms with van der Waals surface area (Å²) < 4.78 is 111. The summed E-state index contributed by atoms with van der Waals surface area (Å²) in [6.45, 7) is 0.332. The smallest absolute Gasteiger partial charge is 0.378 e. The van der Waals surface area contributed by atoms with Crippen molar-refractivity contribution >= 4 is 5.97 Å². The van der Waals surface area contributed by atoms with E-state index in [9.17, 15) is 39.9 Å². The number of ether oxygens (including phenoxy) is 1. The third-order valence-electron chi connectivity index (χ3n) is 3.22. The van der Waals surface area contributed by atoms with E-state index < -0.39 is 68.2 Å². The van der Waals surface area contributed by atoms with Crippen LogP contribution in [-0.2, 0) is 9.53 Å². The maximum absolute atomic E-state index is 13.5. The quantitative estimate of drug-likeness (QED) is 0.240. The molecule has 0 amide bonds. The Hall–Kier alpha value is -1.43. The molecule has 0 spiro atoms. The van der Waals surface area contributed by atoms with Gasteiger partial charge in [-0.3, -0.25) is 0 Å². The zero-order valence-corrected chi connectivity index (χ0v) is 13.5. The lowest BCUT2D eigenvalue weighted by atomic mass is 9.93. The van der Waals surface area contributed by atoms with Crippen LogP contribution in [0.5, 0.6) is 0 Å². The normalized spacial score (nSPS) is 15.3. The lowest BCUT2D eigenvalue weighted by Gasteiger charge is -2.37. The second-order valence-electron chi connectivity index (χ2n) is 5.32. The molecule has 4 nitrogen and oxygen atoms in total. The van der Waals surface area contributed by atoms with Gasteiger partial charge in [0.1, 0.15) is 0 Å². The van der Waals surface area contributed by atoms with Crippen LogP contribution >= 0.6 is 0 Å². The summed E-state index contributed by atoms with van der Waals surface area (Å²) in [6.07, 6.45) is -6.93. The predicted octanol–water partition coefficient (Wildman–Crippen LogP) is 3.52. The molecule has 1 atom stereocenters. The Morgan fingerprint density at radius 2 is 1.46 bits per heavy atom. The second kappa shape index (κ2) is 8.98. The maximum atomic E-state index is 13.5. The predicted molar refractivity (Wildman–Crippen MR) is 72.3 cm³/mol. The summed E-state index contributed by atoms with van der Waals surface area (Å²) in [6, 6.07) is 0. The fraction of sp³-hybridized carbons (Fsp3) is 0.786. The number of alkyl halides is 8. The summed E-state index contributed by atoms with van der Waals surface area (Å²) in [5.41, 5.74) is 0. The molecule has 0 saturated carbocycles. The number of hydrogen-bond acceptors (Lipinski definition) is 4. The number of halogens is 8. The first-order valence-electron chi connectivity index (χ1n) is 7.29. The third kappa shape index (κ3) is 5.53. The number of hydrogen-bond donors (Lipinski definition) is 2. The van der Waals surface area contributed by atoms with Gasteiger partial charge < -0.3 is 14.9 Å². The van der Waals surface area contributed by atoms with Crippen molar-refractivity contribution in [1.29, 1.82) is 0 Å². The molecule has 0 rings (SSSR count). The molecule has 0 bridgehead atoms. The Morgan fingerprint density at radius 1 is 1.00 bits per heavy atom. The molecule has 0 aromatic rings. The highest BCUT2D eigenvalue weighted by Crippen LogP contribution is 2.55. The van der Waals surface area contributed by atoms with Crippen molar-refractivity contribution in [3.8, 4) is 0 Å². The maximum Gasteiger partial charge on any atom is 0.378 e. The zero-order chi connectivity index (χ0) is 20.8. The SMILES string of the molecule is CC=CC(=O)OC(O)CCC(F)(F)C(F)(F)C(F)(F)C(F)(F)CCCO. The van der Waals surface area contributed by atoms with Crippen molar-refractivity contribution in [3.63, 3.8) is 0 Å². The average molecular weight is 402 g/mol. The highest BCUT2D eigenvalue weighted by Gasteiger charge is 2.79. The molecule has 0 radical (unpaired) electrons. The molecule has 12 heteroatoms. The molecule has 0 saturated heterocycles. The van der Waals surface area contributed by atoms with Gasteiger partial charge in [0, 0.05) is 31.9 Å². The van der Waals surface area contributed by atoms with Gasteiger partial charge in [0.05, 0.1) is 0 Å². The van der Waals surface area contributed by atoms with Crippen molar-refractivity contribution in [3.05, 3.63) is 12.2 Å². The number of carbonyl (C=O) groups excluding carboxylic acids is 1. The first kappa shape index (κ1) is 24.6. The molecular weight excluding hydrogens is 384 g/mol. The zero-order valence-electron chi connectivity index (χ0n) is 13.5. The van der Waals surface area contributed by atoms with Crippen molar-refractivity contribution in [1.82, 2.24) is 0 Å². The van der Waals surface area contributed by atoms with Crippen molar-refractivity contribution < 1.29 is 54.9 Å². The highest BCUT2D eigenvalue weighted by molar-refractivity contribution is 5.81. The minimum Gasteiger partial charge on any atom is -0.433 e. The van der Waals surface area contributed by atoms with Crippen LogP contribution in [0.4, 0.5) is 35.1 Å². The van der Waals surface area contributed by atoms with Crippen LogP contribution < -0.4 is 0 Å². The van der Waals surface area contributed by atoms with E-state index in [1.54, 1.807) is 0 Å². The van der Waals surface area contributed by atoms with Crippen LogP contribution in [0.1, 0.15) is 32.6 Å². The number of aliphatic hydroxyl groups is 2. The van der Waals surface area contributed by atoms with Gasteiger partial charge in [0.2, 0.25) is 6.29 Å². The molecule has 0 aromatic carbocycles. The number of rotatable bonds is 11. The van der Waals surface area contributed by atoms with Gasteiger partial charge >= 0.3 is 29.7 Å². The Kier molecular flexibility index (Phi) is 8.48. The lowest BCUT2D eigenvalue weighted by molar-refractivity contribution is -0.369. The number of carbonyl (C=O) groups is 1. The molecule has 0 aromatic heterocycles. The van der Waals surface area contributed by atoms with E-state index in [0.717, 1.165) is 12.2 Å². The molecule has 0 fully saturated rings. The number of aliphatic hydroxyl groups excluding tert-OH is 2. The standard InChI is InChI=1S/C14H18F8O4/c1-2-4-9(24)26-10(25)5-7-12(17,18)14(21,22)13(19,20)11(15,16)6-3-8-23/h2,4,10,23,25H,3,5-8H2,1H3. The van der Waals surface area contributed by atoms with E-state index in [1.165, 1.54) is 6.92 Å². The molecule has 0 aliphatic heterocycles. The first-order valence-corrected chi connectivity index (χ1v) is 7.29. The van der Waals surface area contributed by atoms with Gasteiger partial charge in [-0.05, 0) is 13.3 Å². The van der Waals surface area contributed by atoms with Gasteiger partial charge in [-0.1, -0.05) is 6.08 Å². The molecule has 26 heavy (non-hydrogen) atoms. The van der Waals surface area contributed by atoms with Crippen molar-refractivity contribution in [2.45, 2.75) is 62.6 Å². The summed E-state index contributed by atoms with van der Waals surface area (Å²) in [4.78, 5) is 10.9. The Morgan fingerprint density at radius 3 is 1.88 bits per heavy atom. The summed E-state index contributed by atoms with van der Waals surface area (Å²) in [5.74, 6) is -25.3. The average Bonchev–Trinajstić information content (AvgIpc) is 2.50. The van der Waals surface area contributed by atoms with E-state index >= 15 is 0 Å². The Bertz CT molecular complexity index is 493. The fourth-order valence-electron chi connectivity index (χ4n) is 1.75. The Labute approximate surface area is 143 Å². The van der Waals surface area contributed by atoms with Gasteiger partial charge in [-0.25, -0.2) is 4.79 Å². The molecule has 0 aliphatic carbocycles. The fourth-order valence-corrected chi connectivity index (χ4v) is 1.75. The van der Waals surface area contributed by atoms with E-state index in [4.69, 9.17) is 10.2 Å². The monoisotopic (exact) mass is 402 g/mol. The van der Waals surface area contributed by atoms with Crippen molar-refractivity contribution in [2.75, 3.05) is 6.61 Å². The topological polar surface area (TPSA) is 66.8 Å². The summed E-state index contributed by atoms with van der Waals surface area (Å²) in [5, 5.41) is 17.5. The lowest BCUT2D eigenvalue weighted by Crippen LogP contribution is -2.62. The van der Waals surface area contributed by atoms with Crippen LogP contribution in [0.25, 0.3) is 0 Å². The second-order valence-corrected chi connectivity index (χ2v) is 5.32. The minimum atomic E-state index is -6.47. The van der Waals surface area contributed by atoms with E-state index in [-0.39, 0.29) is 0 Å². The van der Waals surface area contributed by atoms with E-state index in [0.29, 0.717) is 0 Å². The van der Waals surface area contributed by atoms with Gasteiger partial charge in [-0.15, -0.1) is 0 Å². The van der Waals surface area contributed by atoms with E-state index in [2.05, 4.69) is 4.74 Å². The van der Waals surface area contributed by atoms with Crippen LogP contribution in [0.3, 0.4) is 0 Å². The molecule has 2 N–H and O–H groups in total. The number of allylic oxidation sites excluding steroid dienone is 1. The summed E-state index contributed by atoms with van der Waals surface area (Å²) in [7, 11) is 0. The van der Waals surface area contributed by atoms with Crippen LogP contribution in [0.2, 0.25) is 0 Å². The minimum absolute atomic E-state index is 0.756. The molecule has 154 valence electrons. The van der Waals surface area contributed by atoms with Crippen molar-refractivity contribution in [2.24, 2.45) is 0 Å². The molecule has 0 heterocycles. The number of esters is 1. The van der Waals surface area contributed by atoms with Crippen LogP contribution in [-0.4, -0.2) is 52.8 Å². The summed E-state index contributed by atoms with van der Waals surface area (Å²) >= 11 is 0. The highest BCUT2D eigenvalue weighted by atomic mass is 19.4. The molecule has 0 aliphatic rings. The first-order chi connectivity index (χ1) is 11.7. The molecular formula is C14H18F8O4. The van der Waals surface area contributed by atoms with Gasteiger partial charge in [0.15, 0.2) is 0 Å². The third-order valence-corrected chi connectivity index (χ3v) is 3.22. The largest absolute Gasteiger partial charge is 0.433 e. The van der Waals surface area contributed by atoms with Gasteiger partial charge in [-0.2, -0.15) is 35.1 Å². The van der Waals surface area contributed by atoms with E-state index in [1.807, 2.05) is 0 Å². The molecule has 1 unspecified atom stereocenters. The van der Waals surface area contributed by atoms with Gasteiger partial charge in [0.25, 0.3) is 0 Å².